The second-order valence-electron chi connectivity index (χ2n) is 7.98. The molecule has 0 bridgehead atoms. The summed E-state index contributed by atoms with van der Waals surface area (Å²) in [4.78, 5) is 22.6. The molecule has 0 amide bonds. The van der Waals surface area contributed by atoms with Crippen molar-refractivity contribution in [1.29, 1.82) is 0 Å². The van der Waals surface area contributed by atoms with Crippen LogP contribution in [0.25, 0.3) is 24.3 Å². The number of halogens is 1. The molecule has 6 heteroatoms. The molecule has 0 fully saturated rings. The molecule has 0 saturated heterocycles. The summed E-state index contributed by atoms with van der Waals surface area (Å²) in [5.41, 5.74) is 3.55. The van der Waals surface area contributed by atoms with E-state index >= 15 is 0 Å². The minimum Gasteiger partial charge on any atom is -0.490 e. The Labute approximate surface area is 215 Å². The standard InChI is InChI=1S/C31H27FO5/c1-4-30(33)36-20-19-35-27-16-12-25(13-17-27)10-7-23-5-8-24(9-6-23)11-14-26-15-18-28(21-29(26)32)37-31(34)22(2)3/h4-18,21H,1-2,19-20H2,3H3. The molecular weight excluding hydrogens is 471 g/mol. The Morgan fingerprint density at radius 3 is 1.89 bits per heavy atom. The number of carbonyl (C=O) groups excluding carboxylic acids is 2. The largest absolute Gasteiger partial charge is 0.490 e. The van der Waals surface area contributed by atoms with Gasteiger partial charge in [0.05, 0.1) is 0 Å². The van der Waals surface area contributed by atoms with Crippen LogP contribution in [-0.4, -0.2) is 25.2 Å². The van der Waals surface area contributed by atoms with Gasteiger partial charge in [-0.25, -0.2) is 14.0 Å². The average Bonchev–Trinajstić information content (AvgIpc) is 2.90. The molecule has 0 radical (unpaired) electrons. The van der Waals surface area contributed by atoms with Crippen molar-refractivity contribution in [3.8, 4) is 11.5 Å². The molecule has 0 aromatic heterocycles. The van der Waals surface area contributed by atoms with Gasteiger partial charge in [-0.2, -0.15) is 0 Å². The van der Waals surface area contributed by atoms with Crippen molar-refractivity contribution in [3.63, 3.8) is 0 Å². The number of rotatable bonds is 11. The van der Waals surface area contributed by atoms with E-state index in [1.807, 2.05) is 66.8 Å². The number of hydrogen-bond donors (Lipinski definition) is 0. The Kier molecular flexibility index (Phi) is 9.74. The van der Waals surface area contributed by atoms with Gasteiger partial charge in [0.1, 0.15) is 30.5 Å². The molecule has 0 N–H and O–H groups in total. The summed E-state index contributed by atoms with van der Waals surface area (Å²) in [7, 11) is 0. The van der Waals surface area contributed by atoms with Crippen molar-refractivity contribution < 1.29 is 28.2 Å². The van der Waals surface area contributed by atoms with Crippen LogP contribution in [0.3, 0.4) is 0 Å². The molecule has 37 heavy (non-hydrogen) atoms. The van der Waals surface area contributed by atoms with E-state index in [4.69, 9.17) is 14.2 Å². The highest BCUT2D eigenvalue weighted by Crippen LogP contribution is 2.20. The molecule has 0 heterocycles. The maximum atomic E-state index is 14.4. The molecule has 0 atom stereocenters. The molecule has 0 aliphatic carbocycles. The monoisotopic (exact) mass is 498 g/mol. The fraction of sp³-hybridized carbons (Fsp3) is 0.0968. The highest BCUT2D eigenvalue weighted by atomic mass is 19.1. The molecule has 188 valence electrons. The van der Waals surface area contributed by atoms with Crippen LogP contribution in [0.1, 0.15) is 29.2 Å². The van der Waals surface area contributed by atoms with E-state index in [-0.39, 0.29) is 24.5 Å². The van der Waals surface area contributed by atoms with Gasteiger partial charge < -0.3 is 14.2 Å². The van der Waals surface area contributed by atoms with Crippen molar-refractivity contribution in [1.82, 2.24) is 0 Å². The molecule has 0 unspecified atom stereocenters. The zero-order valence-corrected chi connectivity index (χ0v) is 20.5. The van der Waals surface area contributed by atoms with E-state index in [0.29, 0.717) is 11.3 Å². The lowest BCUT2D eigenvalue weighted by atomic mass is 10.1. The highest BCUT2D eigenvalue weighted by molar-refractivity contribution is 5.88. The number of hydrogen-bond acceptors (Lipinski definition) is 5. The lowest BCUT2D eigenvalue weighted by Crippen LogP contribution is -2.10. The summed E-state index contributed by atoms with van der Waals surface area (Å²) in [6.45, 7) is 8.79. The lowest BCUT2D eigenvalue weighted by molar-refractivity contribution is -0.138. The first-order valence-electron chi connectivity index (χ1n) is 11.5. The van der Waals surface area contributed by atoms with Crippen molar-refractivity contribution in [3.05, 3.63) is 120 Å². The molecule has 3 aromatic rings. The number of ether oxygens (including phenoxy) is 3. The Morgan fingerprint density at radius 2 is 1.35 bits per heavy atom. The SMILES string of the molecule is C=CC(=O)OCCOc1ccc(C=Cc2ccc(C=Cc3ccc(OC(=O)C(=C)C)cc3F)cc2)cc1. The summed E-state index contributed by atoms with van der Waals surface area (Å²) >= 11 is 0. The van der Waals surface area contributed by atoms with Gasteiger partial charge in [0.15, 0.2) is 0 Å². The fourth-order valence-electron chi connectivity index (χ4n) is 3.03. The van der Waals surface area contributed by atoms with Crippen LogP contribution in [-0.2, 0) is 14.3 Å². The minimum atomic E-state index is -0.594. The normalized spacial score (nSPS) is 10.9. The van der Waals surface area contributed by atoms with E-state index in [0.717, 1.165) is 22.8 Å². The van der Waals surface area contributed by atoms with E-state index in [1.165, 1.54) is 19.1 Å². The second kappa shape index (κ2) is 13.4. The number of benzene rings is 3. The Hall–Kier alpha value is -4.71. The predicted octanol–water partition coefficient (Wildman–Crippen LogP) is 6.76. The zero-order valence-electron chi connectivity index (χ0n) is 20.5. The molecule has 5 nitrogen and oxygen atoms in total. The van der Waals surface area contributed by atoms with Gasteiger partial charge in [-0.1, -0.05) is 73.9 Å². The van der Waals surface area contributed by atoms with Gasteiger partial charge in [-0.3, -0.25) is 0 Å². The Balaban J connectivity index is 1.53. The quantitative estimate of drug-likeness (QED) is 0.0961. The molecule has 0 spiro atoms. The van der Waals surface area contributed by atoms with E-state index in [2.05, 4.69) is 13.2 Å². The van der Waals surface area contributed by atoms with Gasteiger partial charge in [0, 0.05) is 23.3 Å². The number of esters is 2. The van der Waals surface area contributed by atoms with Crippen LogP contribution in [0.2, 0.25) is 0 Å². The van der Waals surface area contributed by atoms with Crippen molar-refractivity contribution in [2.45, 2.75) is 6.92 Å². The van der Waals surface area contributed by atoms with Gasteiger partial charge in [0.2, 0.25) is 0 Å². The molecule has 0 aliphatic heterocycles. The topological polar surface area (TPSA) is 61.8 Å². The molecule has 0 aliphatic rings. The summed E-state index contributed by atoms with van der Waals surface area (Å²) < 4.78 is 29.8. The average molecular weight is 499 g/mol. The Bertz CT molecular complexity index is 1320. The number of carbonyl (C=O) groups is 2. The summed E-state index contributed by atoms with van der Waals surface area (Å²) in [6.07, 6.45) is 8.56. The summed E-state index contributed by atoms with van der Waals surface area (Å²) in [5, 5.41) is 0. The third kappa shape index (κ3) is 8.78. The van der Waals surface area contributed by atoms with Crippen molar-refractivity contribution in [2.75, 3.05) is 13.2 Å². The first-order chi connectivity index (χ1) is 17.8. The fourth-order valence-corrected chi connectivity index (χ4v) is 3.03. The first kappa shape index (κ1) is 26.9. The Morgan fingerprint density at radius 1 is 0.811 bits per heavy atom. The molecule has 3 aromatic carbocycles. The highest BCUT2D eigenvalue weighted by Gasteiger charge is 2.08. The van der Waals surface area contributed by atoms with Crippen molar-refractivity contribution >= 4 is 36.2 Å². The summed E-state index contributed by atoms with van der Waals surface area (Å²) in [6, 6.07) is 19.6. The van der Waals surface area contributed by atoms with Crippen molar-refractivity contribution in [2.24, 2.45) is 0 Å². The zero-order chi connectivity index (χ0) is 26.6. The summed E-state index contributed by atoms with van der Waals surface area (Å²) in [5.74, 6) is -0.745. The first-order valence-corrected chi connectivity index (χ1v) is 11.5. The molecule has 0 saturated carbocycles. The van der Waals surface area contributed by atoms with Gasteiger partial charge in [-0.15, -0.1) is 0 Å². The third-order valence-corrected chi connectivity index (χ3v) is 5.03. The third-order valence-electron chi connectivity index (χ3n) is 5.03. The second-order valence-corrected chi connectivity index (χ2v) is 7.98. The van der Waals surface area contributed by atoms with Crippen LogP contribution >= 0.6 is 0 Å². The van der Waals surface area contributed by atoms with Crippen LogP contribution in [0, 0.1) is 5.82 Å². The van der Waals surface area contributed by atoms with Gasteiger partial charge in [-0.05, 0) is 47.9 Å². The van der Waals surface area contributed by atoms with E-state index in [1.54, 1.807) is 12.1 Å². The predicted molar refractivity (Wildman–Crippen MR) is 144 cm³/mol. The minimum absolute atomic E-state index is 0.132. The lowest BCUT2D eigenvalue weighted by Gasteiger charge is -2.06. The molecular formula is C31H27FO5. The van der Waals surface area contributed by atoms with Gasteiger partial charge >= 0.3 is 11.9 Å². The van der Waals surface area contributed by atoms with Crippen LogP contribution in [0.5, 0.6) is 11.5 Å². The van der Waals surface area contributed by atoms with E-state index < -0.39 is 17.8 Å². The van der Waals surface area contributed by atoms with E-state index in [9.17, 15) is 14.0 Å². The maximum Gasteiger partial charge on any atom is 0.338 e. The van der Waals surface area contributed by atoms with Crippen LogP contribution in [0.4, 0.5) is 4.39 Å². The van der Waals surface area contributed by atoms with Crippen LogP contribution < -0.4 is 9.47 Å². The molecule has 3 rings (SSSR count). The van der Waals surface area contributed by atoms with Gasteiger partial charge in [0.25, 0.3) is 0 Å². The van der Waals surface area contributed by atoms with Crippen LogP contribution in [0.15, 0.2) is 91.5 Å². The maximum absolute atomic E-state index is 14.4. The smallest absolute Gasteiger partial charge is 0.338 e.